The normalized spacial score (nSPS) is 12.8. The van der Waals surface area contributed by atoms with E-state index in [0.29, 0.717) is 27.6 Å². The summed E-state index contributed by atoms with van der Waals surface area (Å²) < 4.78 is 28.9. The summed E-state index contributed by atoms with van der Waals surface area (Å²) in [4.78, 5) is 28.9. The van der Waals surface area contributed by atoms with Crippen LogP contribution < -0.4 is 9.62 Å². The molecule has 3 rings (SSSR count). The molecule has 3 aromatic rings. The summed E-state index contributed by atoms with van der Waals surface area (Å²) >= 11 is 12.7. The lowest BCUT2D eigenvalue weighted by Gasteiger charge is -2.34. The highest BCUT2D eigenvalue weighted by Gasteiger charge is 2.34. The molecule has 0 aliphatic heterocycles. The van der Waals surface area contributed by atoms with Crippen molar-refractivity contribution >= 4 is 50.7 Å². The second-order valence-electron chi connectivity index (χ2n) is 9.61. The van der Waals surface area contributed by atoms with Crippen LogP contribution in [0.25, 0.3) is 0 Å². The van der Waals surface area contributed by atoms with Crippen molar-refractivity contribution in [3.8, 4) is 0 Å². The molecule has 214 valence electrons. The lowest BCUT2D eigenvalue weighted by molar-refractivity contribution is -0.140. The Hall–Kier alpha value is -3.07. The first-order valence-corrected chi connectivity index (χ1v) is 15.4. The van der Waals surface area contributed by atoms with E-state index in [2.05, 4.69) is 5.32 Å². The van der Waals surface area contributed by atoms with Gasteiger partial charge in [0.2, 0.25) is 11.8 Å². The number of nitrogens with zero attached hydrogens (tertiary/aromatic N) is 2. The minimum Gasteiger partial charge on any atom is -0.352 e. The minimum absolute atomic E-state index is 0.0265. The lowest BCUT2D eigenvalue weighted by Crippen LogP contribution is -2.53. The van der Waals surface area contributed by atoms with Crippen LogP contribution in [-0.2, 0) is 26.2 Å². The van der Waals surface area contributed by atoms with Crippen molar-refractivity contribution in [2.45, 2.75) is 64.1 Å². The number of halogens is 2. The first kappa shape index (κ1) is 31.5. The molecule has 0 aliphatic rings. The van der Waals surface area contributed by atoms with Crippen LogP contribution in [0, 0.1) is 6.92 Å². The molecule has 0 radical (unpaired) electrons. The van der Waals surface area contributed by atoms with Crippen LogP contribution in [0.1, 0.15) is 44.7 Å². The maximum absolute atomic E-state index is 14.1. The second kappa shape index (κ2) is 14.0. The Balaban J connectivity index is 2.10. The summed E-state index contributed by atoms with van der Waals surface area (Å²) in [7, 11) is -4.18. The monoisotopic (exact) mass is 603 g/mol. The molecule has 0 unspecified atom stereocenters. The van der Waals surface area contributed by atoms with Gasteiger partial charge in [0, 0.05) is 22.6 Å². The van der Waals surface area contributed by atoms with Gasteiger partial charge < -0.3 is 10.2 Å². The van der Waals surface area contributed by atoms with E-state index in [1.165, 1.54) is 23.1 Å². The fraction of sp³-hybridized carbons (Fsp3) is 0.333. The van der Waals surface area contributed by atoms with E-state index in [1.807, 2.05) is 20.8 Å². The van der Waals surface area contributed by atoms with Crippen LogP contribution >= 0.6 is 23.2 Å². The summed E-state index contributed by atoms with van der Waals surface area (Å²) in [5.74, 6) is -0.862. The molecule has 0 fully saturated rings. The number of amides is 2. The molecule has 0 saturated carbocycles. The number of sulfonamides is 1. The molecule has 0 spiro atoms. The zero-order chi connectivity index (χ0) is 29.4. The average Bonchev–Trinajstić information content (AvgIpc) is 2.94. The first-order chi connectivity index (χ1) is 19.0. The van der Waals surface area contributed by atoms with E-state index in [1.54, 1.807) is 61.5 Å². The number of hydrogen-bond acceptors (Lipinski definition) is 4. The van der Waals surface area contributed by atoms with Gasteiger partial charge in [-0.15, -0.1) is 0 Å². The maximum atomic E-state index is 14.1. The van der Waals surface area contributed by atoms with Crippen LogP contribution in [0.15, 0.2) is 77.7 Å². The molecule has 0 aliphatic carbocycles. The predicted octanol–water partition coefficient (Wildman–Crippen LogP) is 6.22. The molecular weight excluding hydrogens is 569 g/mol. The highest BCUT2D eigenvalue weighted by atomic mass is 35.5. The first-order valence-electron chi connectivity index (χ1n) is 13.2. The van der Waals surface area contributed by atoms with Crippen molar-refractivity contribution in [1.29, 1.82) is 0 Å². The Labute approximate surface area is 247 Å². The number of nitrogens with one attached hydrogen (secondary N) is 1. The van der Waals surface area contributed by atoms with E-state index >= 15 is 0 Å². The summed E-state index contributed by atoms with van der Waals surface area (Å²) in [6.07, 6.45) is 1.04. The second-order valence-corrected chi connectivity index (χ2v) is 12.3. The minimum atomic E-state index is -4.18. The number of carbonyl (C=O) groups excluding carboxylic acids is 2. The molecule has 7 nitrogen and oxygen atoms in total. The zero-order valence-electron chi connectivity index (χ0n) is 23.1. The van der Waals surface area contributed by atoms with Gasteiger partial charge in [0.05, 0.1) is 10.6 Å². The molecule has 0 heterocycles. The molecule has 0 saturated heterocycles. The molecule has 1 N–H and O–H groups in total. The van der Waals surface area contributed by atoms with Gasteiger partial charge in [-0.2, -0.15) is 0 Å². The van der Waals surface area contributed by atoms with Gasteiger partial charge in [-0.25, -0.2) is 8.42 Å². The molecule has 40 heavy (non-hydrogen) atoms. The van der Waals surface area contributed by atoms with E-state index in [0.717, 1.165) is 10.7 Å². The number of benzene rings is 3. The van der Waals surface area contributed by atoms with Crippen molar-refractivity contribution < 1.29 is 18.0 Å². The molecule has 2 amide bonds. The van der Waals surface area contributed by atoms with Gasteiger partial charge in [0.1, 0.15) is 12.6 Å². The molecular formula is C30H35Cl2N3O4S. The Morgan fingerprint density at radius 2 is 1.57 bits per heavy atom. The highest BCUT2D eigenvalue weighted by Crippen LogP contribution is 2.30. The molecule has 10 heteroatoms. The van der Waals surface area contributed by atoms with Crippen molar-refractivity contribution in [2.24, 2.45) is 0 Å². The van der Waals surface area contributed by atoms with Gasteiger partial charge in [0.25, 0.3) is 10.0 Å². The van der Waals surface area contributed by atoms with Gasteiger partial charge in [-0.1, -0.05) is 79.5 Å². The number of hydrogen-bond donors (Lipinski definition) is 1. The van der Waals surface area contributed by atoms with Crippen LogP contribution in [0.3, 0.4) is 0 Å². The van der Waals surface area contributed by atoms with Crippen molar-refractivity contribution in [2.75, 3.05) is 10.8 Å². The summed E-state index contributed by atoms with van der Waals surface area (Å²) in [5, 5.41) is 3.73. The number of aryl methyl sites for hydroxylation is 1. The number of rotatable bonds is 12. The van der Waals surface area contributed by atoms with Gasteiger partial charge in [-0.3, -0.25) is 13.9 Å². The summed E-state index contributed by atoms with van der Waals surface area (Å²) in [6.45, 7) is 6.89. The Bertz CT molecular complexity index is 1430. The fourth-order valence-corrected chi connectivity index (χ4v) is 6.11. The maximum Gasteiger partial charge on any atom is 0.264 e. The lowest BCUT2D eigenvalue weighted by atomic mass is 10.1. The van der Waals surface area contributed by atoms with Gasteiger partial charge in [0.15, 0.2) is 0 Å². The van der Waals surface area contributed by atoms with Crippen LogP contribution in [-0.4, -0.2) is 43.8 Å². The quantitative estimate of drug-likeness (QED) is 0.266. The third-order valence-corrected chi connectivity index (χ3v) is 9.11. The van der Waals surface area contributed by atoms with E-state index in [-0.39, 0.29) is 29.1 Å². The van der Waals surface area contributed by atoms with Crippen LogP contribution in [0.2, 0.25) is 10.0 Å². The Morgan fingerprint density at radius 3 is 2.20 bits per heavy atom. The third kappa shape index (κ3) is 7.56. The third-order valence-electron chi connectivity index (χ3n) is 6.74. The number of anilines is 1. The van der Waals surface area contributed by atoms with Gasteiger partial charge in [-0.05, 0) is 68.1 Å². The summed E-state index contributed by atoms with van der Waals surface area (Å²) in [5.41, 5.74) is 1.54. The van der Waals surface area contributed by atoms with Crippen molar-refractivity contribution in [1.82, 2.24) is 10.2 Å². The van der Waals surface area contributed by atoms with Crippen LogP contribution in [0.5, 0.6) is 0 Å². The SMILES string of the molecule is CC[C@H](C(=O)N[C@@H](C)CC)N(Cc1ccccc1Cl)C(=O)CN(c1cc(Cl)ccc1C)S(=O)(=O)c1ccccc1. The van der Waals surface area contributed by atoms with Gasteiger partial charge >= 0.3 is 0 Å². The zero-order valence-corrected chi connectivity index (χ0v) is 25.4. The standard InChI is InChI=1S/C30H35Cl2N3O4S/c1-5-22(4)33-30(37)27(6-2)34(19-23-12-10-11-15-26(23)32)29(36)20-35(28-18-24(31)17-16-21(28)3)40(38,39)25-13-8-7-9-14-25/h7-18,22,27H,5-6,19-20H2,1-4H3,(H,33,37)/t22-,27+/m0/s1. The van der Waals surface area contributed by atoms with Crippen molar-refractivity contribution in [3.63, 3.8) is 0 Å². The average molecular weight is 605 g/mol. The van der Waals surface area contributed by atoms with Crippen molar-refractivity contribution in [3.05, 3.63) is 94.0 Å². The summed E-state index contributed by atoms with van der Waals surface area (Å²) in [6, 6.07) is 18.9. The fourth-order valence-electron chi connectivity index (χ4n) is 4.25. The predicted molar refractivity (Wildman–Crippen MR) is 161 cm³/mol. The Morgan fingerprint density at radius 1 is 0.925 bits per heavy atom. The molecule has 0 aromatic heterocycles. The van der Waals surface area contributed by atoms with Crippen LogP contribution in [0.4, 0.5) is 5.69 Å². The van der Waals surface area contributed by atoms with E-state index in [9.17, 15) is 18.0 Å². The molecule has 0 bridgehead atoms. The Kier molecular flexibility index (Phi) is 11.0. The highest BCUT2D eigenvalue weighted by molar-refractivity contribution is 7.92. The van der Waals surface area contributed by atoms with E-state index < -0.39 is 28.5 Å². The van der Waals surface area contributed by atoms with E-state index in [4.69, 9.17) is 23.2 Å². The molecule has 3 aromatic carbocycles. The largest absolute Gasteiger partial charge is 0.352 e. The number of carbonyl (C=O) groups is 2. The molecule has 2 atom stereocenters. The topological polar surface area (TPSA) is 86.8 Å². The smallest absolute Gasteiger partial charge is 0.264 e.